The van der Waals surface area contributed by atoms with Gasteiger partial charge < -0.3 is 4.57 Å². The van der Waals surface area contributed by atoms with Crippen LogP contribution in [0.1, 0.15) is 18.7 Å². The molecule has 12 rings (SSSR count). The molecule has 3 heterocycles. The summed E-state index contributed by atoms with van der Waals surface area (Å²) in [6.07, 6.45) is 8.56. The highest BCUT2D eigenvalue weighted by Gasteiger charge is 2.30. The van der Waals surface area contributed by atoms with Gasteiger partial charge in [-0.2, -0.15) is 9.97 Å². The molecule has 8 aromatic carbocycles. The second kappa shape index (κ2) is 13.9. The van der Waals surface area contributed by atoms with Crippen LogP contribution in [0.4, 0.5) is 17.3 Å². The molecule has 1 aliphatic carbocycles. The van der Waals surface area contributed by atoms with Gasteiger partial charge >= 0.3 is 0 Å². The van der Waals surface area contributed by atoms with E-state index in [4.69, 9.17) is 15.0 Å². The average molecular weight is 768 g/mol. The molecule has 60 heavy (non-hydrogen) atoms. The van der Waals surface area contributed by atoms with E-state index < -0.39 is 0 Å². The summed E-state index contributed by atoms with van der Waals surface area (Å²) in [5, 5.41) is 4.73. The molecule has 0 saturated carbocycles. The van der Waals surface area contributed by atoms with Gasteiger partial charge in [-0.1, -0.05) is 152 Å². The van der Waals surface area contributed by atoms with Crippen molar-refractivity contribution in [2.75, 3.05) is 4.90 Å². The Morgan fingerprint density at radius 2 is 1.10 bits per heavy atom. The molecule has 2 aliphatic rings. The van der Waals surface area contributed by atoms with Gasteiger partial charge in [0.05, 0.1) is 22.4 Å². The summed E-state index contributed by atoms with van der Waals surface area (Å²) in [5.41, 5.74) is 14.5. The van der Waals surface area contributed by atoms with Gasteiger partial charge in [-0.15, -0.1) is 0 Å². The Labute approximate surface area is 347 Å². The van der Waals surface area contributed by atoms with E-state index in [1.54, 1.807) is 0 Å². The highest BCUT2D eigenvalue weighted by atomic mass is 15.3. The first-order valence-electron chi connectivity index (χ1n) is 20.6. The minimum absolute atomic E-state index is 0.587. The van der Waals surface area contributed by atoms with Gasteiger partial charge in [0.25, 0.3) is 0 Å². The highest BCUT2D eigenvalue weighted by molar-refractivity contribution is 6.19. The fraction of sp³-hybridized carbons (Fsp3) is 0.0364. The first-order valence-corrected chi connectivity index (χ1v) is 20.6. The molecule has 1 aliphatic heterocycles. The van der Waals surface area contributed by atoms with E-state index in [2.05, 4.69) is 191 Å². The smallest absolute Gasteiger partial charge is 0.238 e. The van der Waals surface area contributed by atoms with Gasteiger partial charge in [0.15, 0.2) is 11.6 Å². The highest BCUT2D eigenvalue weighted by Crippen LogP contribution is 2.52. The first kappa shape index (κ1) is 34.2. The summed E-state index contributed by atoms with van der Waals surface area (Å²) in [5.74, 6) is 1.90. The number of benzene rings is 8. The maximum absolute atomic E-state index is 5.32. The van der Waals surface area contributed by atoms with Crippen molar-refractivity contribution in [3.05, 3.63) is 206 Å². The number of para-hydroxylation sites is 1. The van der Waals surface area contributed by atoms with Crippen LogP contribution < -0.4 is 4.90 Å². The Morgan fingerprint density at radius 1 is 0.433 bits per heavy atom. The number of nitrogens with zero attached hydrogens (tertiary/aromatic N) is 5. The number of aromatic nitrogens is 4. The van der Waals surface area contributed by atoms with Crippen molar-refractivity contribution in [1.82, 2.24) is 19.5 Å². The molecule has 0 atom stereocenters. The van der Waals surface area contributed by atoms with Crippen molar-refractivity contribution in [2.45, 2.75) is 12.8 Å². The Kier molecular flexibility index (Phi) is 7.91. The molecule has 0 bridgehead atoms. The molecule has 0 spiro atoms. The summed E-state index contributed by atoms with van der Waals surface area (Å²) < 4.78 is 2.40. The minimum Gasteiger partial charge on any atom is -0.309 e. The molecule has 5 nitrogen and oxygen atoms in total. The van der Waals surface area contributed by atoms with Crippen LogP contribution in [0.2, 0.25) is 0 Å². The summed E-state index contributed by atoms with van der Waals surface area (Å²) in [4.78, 5) is 18.0. The third kappa shape index (κ3) is 5.58. The molecule has 2 aromatic heterocycles. The van der Waals surface area contributed by atoms with Gasteiger partial charge in [0, 0.05) is 38.5 Å². The number of allylic oxidation sites excluding steroid dienone is 4. The predicted octanol–water partition coefficient (Wildman–Crippen LogP) is 14.3. The molecular weight excluding hydrogens is 731 g/mol. The third-order valence-corrected chi connectivity index (χ3v) is 12.0. The lowest BCUT2D eigenvalue weighted by Crippen LogP contribution is -2.19. The number of hydrogen-bond donors (Lipinski definition) is 0. The lowest BCUT2D eigenvalue weighted by molar-refractivity contribution is 0.982. The summed E-state index contributed by atoms with van der Waals surface area (Å²) in [7, 11) is 0. The van der Waals surface area contributed by atoms with Crippen LogP contribution in [0.15, 0.2) is 200 Å². The third-order valence-electron chi connectivity index (χ3n) is 12.0. The van der Waals surface area contributed by atoms with Gasteiger partial charge in [-0.3, -0.25) is 4.90 Å². The molecule has 0 N–H and O–H groups in total. The van der Waals surface area contributed by atoms with Crippen LogP contribution >= 0.6 is 0 Å². The first-order chi connectivity index (χ1) is 29.7. The van der Waals surface area contributed by atoms with Gasteiger partial charge in [-0.05, 0) is 94.6 Å². The van der Waals surface area contributed by atoms with Crippen LogP contribution in [-0.2, 0) is 0 Å². The predicted molar refractivity (Wildman–Crippen MR) is 248 cm³/mol. The van der Waals surface area contributed by atoms with E-state index in [0.29, 0.717) is 17.6 Å². The van der Waals surface area contributed by atoms with Gasteiger partial charge in [0.1, 0.15) is 0 Å². The Morgan fingerprint density at radius 3 is 1.88 bits per heavy atom. The largest absolute Gasteiger partial charge is 0.309 e. The zero-order valence-electron chi connectivity index (χ0n) is 32.7. The van der Waals surface area contributed by atoms with Crippen molar-refractivity contribution >= 4 is 55.5 Å². The normalized spacial score (nSPS) is 13.2. The minimum atomic E-state index is 0.587. The Balaban J connectivity index is 1.14. The second-order valence-corrected chi connectivity index (χ2v) is 15.5. The van der Waals surface area contributed by atoms with Crippen LogP contribution in [-0.4, -0.2) is 19.5 Å². The quantitative estimate of drug-likeness (QED) is 0.169. The molecule has 0 saturated heterocycles. The SMILES string of the molecule is C1=CC(c2nc(-c3ccccc3)nc(N3c4cc5c(cc4-c4cccc6cccc3c46)c3cc(-c4cccc(-c6ccccc6)c4)ccc3n5-c3ccccc3)n2)=CCC1. The van der Waals surface area contributed by atoms with Crippen molar-refractivity contribution in [3.8, 4) is 50.5 Å². The van der Waals surface area contributed by atoms with E-state index in [0.717, 1.165) is 57.6 Å². The fourth-order valence-corrected chi connectivity index (χ4v) is 9.17. The lowest BCUT2D eigenvalue weighted by Gasteiger charge is -2.32. The molecule has 282 valence electrons. The van der Waals surface area contributed by atoms with E-state index in [9.17, 15) is 0 Å². The van der Waals surface area contributed by atoms with Gasteiger partial charge in [0.2, 0.25) is 5.95 Å². The number of rotatable bonds is 6. The summed E-state index contributed by atoms with van der Waals surface area (Å²) in [6.45, 7) is 0. The van der Waals surface area contributed by atoms with Crippen molar-refractivity contribution in [3.63, 3.8) is 0 Å². The topological polar surface area (TPSA) is 46.8 Å². The fourth-order valence-electron chi connectivity index (χ4n) is 9.17. The van der Waals surface area contributed by atoms with E-state index in [-0.39, 0.29) is 0 Å². The van der Waals surface area contributed by atoms with Crippen molar-refractivity contribution in [1.29, 1.82) is 0 Å². The number of anilines is 3. The second-order valence-electron chi connectivity index (χ2n) is 15.5. The van der Waals surface area contributed by atoms with E-state index >= 15 is 0 Å². The van der Waals surface area contributed by atoms with E-state index in [1.165, 1.54) is 49.4 Å². The van der Waals surface area contributed by atoms with Crippen LogP contribution in [0, 0.1) is 0 Å². The standard InChI is InChI=1S/C55H37N5/c1-5-16-36(17-6-1)40-24-13-25-41(32-40)42-30-31-48-45(33-42)47-34-46-44-28-14-22-37-23-15-29-49(52(37)44)60(51(46)35-50(47)59(48)43-26-11-4-12-27-43)55-57-53(38-18-7-2-8-19-38)56-54(58-55)39-20-9-3-10-21-39/h1-2,4-9,11-35H,3,10H2. The zero-order chi connectivity index (χ0) is 39.6. The molecule has 5 heteroatoms. The molecule has 0 unspecified atom stereocenters. The zero-order valence-corrected chi connectivity index (χ0v) is 32.7. The van der Waals surface area contributed by atoms with E-state index in [1.807, 2.05) is 18.2 Å². The molecule has 0 fully saturated rings. The van der Waals surface area contributed by atoms with Crippen LogP contribution in [0.3, 0.4) is 0 Å². The summed E-state index contributed by atoms with van der Waals surface area (Å²) >= 11 is 0. The average Bonchev–Trinajstić information content (AvgIpc) is 3.64. The molecule has 10 aromatic rings. The Bertz CT molecular complexity index is 3360. The number of fused-ring (bicyclic) bond motifs is 5. The summed E-state index contributed by atoms with van der Waals surface area (Å²) in [6, 6.07) is 65.3. The maximum Gasteiger partial charge on any atom is 0.238 e. The van der Waals surface area contributed by atoms with Crippen molar-refractivity contribution < 1.29 is 0 Å². The van der Waals surface area contributed by atoms with Gasteiger partial charge in [-0.25, -0.2) is 4.98 Å². The van der Waals surface area contributed by atoms with Crippen LogP contribution in [0.5, 0.6) is 0 Å². The molecular formula is C55H37N5. The number of hydrogen-bond acceptors (Lipinski definition) is 4. The monoisotopic (exact) mass is 767 g/mol. The Hall–Kier alpha value is -7.89. The maximum atomic E-state index is 5.32. The lowest BCUT2D eigenvalue weighted by atomic mass is 9.90. The van der Waals surface area contributed by atoms with Crippen LogP contribution in [0.25, 0.3) is 88.6 Å². The molecule has 0 radical (unpaired) electrons. The molecule has 0 amide bonds. The van der Waals surface area contributed by atoms with Crippen molar-refractivity contribution in [2.24, 2.45) is 0 Å².